The minimum absolute atomic E-state index is 0.0420. The summed E-state index contributed by atoms with van der Waals surface area (Å²) in [6, 6.07) is 6.69. The normalized spacial score (nSPS) is 11.9. The summed E-state index contributed by atoms with van der Waals surface area (Å²) >= 11 is 5.96. The van der Waals surface area contributed by atoms with E-state index in [1.807, 2.05) is 11.8 Å². The Hall–Kier alpha value is -1.21. The molecule has 102 valence electrons. The molecule has 5 nitrogen and oxygen atoms in total. The van der Waals surface area contributed by atoms with Gasteiger partial charge in [-0.2, -0.15) is 0 Å². The molecule has 2 aromatic rings. The molecule has 2 rings (SSSR count). The summed E-state index contributed by atoms with van der Waals surface area (Å²) in [7, 11) is -3.77. The number of benzene rings is 1. The maximum atomic E-state index is 12.1. The average Bonchev–Trinajstić information content (AvgIpc) is 2.37. The van der Waals surface area contributed by atoms with Crippen molar-refractivity contribution in [3.8, 4) is 0 Å². The van der Waals surface area contributed by atoms with E-state index in [9.17, 15) is 8.42 Å². The second-order valence-electron chi connectivity index (χ2n) is 3.94. The molecule has 0 unspecified atom stereocenters. The topological polar surface area (TPSA) is 68.3 Å². The first kappa shape index (κ1) is 14.2. The first-order valence-electron chi connectivity index (χ1n) is 5.65. The van der Waals surface area contributed by atoms with E-state index in [-0.39, 0.29) is 16.7 Å². The molecule has 1 aromatic carbocycles. The highest BCUT2D eigenvalue weighted by Crippen LogP contribution is 2.25. The standard InChI is InChI=1S/C12H13ClN2O3S/c1-3-18-15-19(16,17)10-6-4-5-9-7-8(2)12(13)14-11(9)10/h4-7,15H,3H2,1-2H3. The van der Waals surface area contributed by atoms with Crippen LogP contribution in [-0.2, 0) is 14.9 Å². The van der Waals surface area contributed by atoms with Crippen LogP contribution in [0.1, 0.15) is 12.5 Å². The van der Waals surface area contributed by atoms with E-state index < -0.39 is 10.0 Å². The molecule has 0 aliphatic carbocycles. The first-order valence-corrected chi connectivity index (χ1v) is 7.51. The molecule has 0 amide bonds. The van der Waals surface area contributed by atoms with Crippen molar-refractivity contribution in [3.63, 3.8) is 0 Å². The Bertz CT molecular complexity index is 716. The van der Waals surface area contributed by atoms with Crippen molar-refractivity contribution in [1.82, 2.24) is 9.87 Å². The molecule has 0 saturated carbocycles. The molecule has 0 spiro atoms. The van der Waals surface area contributed by atoms with Crippen LogP contribution in [0.15, 0.2) is 29.2 Å². The van der Waals surface area contributed by atoms with Crippen molar-refractivity contribution in [2.45, 2.75) is 18.7 Å². The molecule has 0 atom stereocenters. The number of pyridine rings is 1. The number of para-hydroxylation sites is 1. The van der Waals surface area contributed by atoms with Crippen molar-refractivity contribution in [1.29, 1.82) is 0 Å². The molecule has 0 aliphatic rings. The van der Waals surface area contributed by atoms with Crippen LogP contribution in [-0.4, -0.2) is 20.0 Å². The van der Waals surface area contributed by atoms with Gasteiger partial charge < -0.3 is 0 Å². The van der Waals surface area contributed by atoms with Gasteiger partial charge >= 0.3 is 0 Å². The van der Waals surface area contributed by atoms with Crippen LogP contribution in [0.4, 0.5) is 0 Å². The first-order chi connectivity index (χ1) is 8.95. The molecule has 19 heavy (non-hydrogen) atoms. The van der Waals surface area contributed by atoms with Gasteiger partial charge in [0.25, 0.3) is 10.0 Å². The van der Waals surface area contributed by atoms with Gasteiger partial charge in [-0.3, -0.25) is 4.84 Å². The summed E-state index contributed by atoms with van der Waals surface area (Å²) in [6.45, 7) is 3.73. The van der Waals surface area contributed by atoms with Gasteiger partial charge in [-0.1, -0.05) is 28.6 Å². The predicted molar refractivity (Wildman–Crippen MR) is 73.4 cm³/mol. The highest BCUT2D eigenvalue weighted by Gasteiger charge is 2.19. The lowest BCUT2D eigenvalue weighted by Gasteiger charge is -2.09. The molecule has 1 heterocycles. The summed E-state index contributed by atoms with van der Waals surface area (Å²) in [5.74, 6) is 0. The molecule has 1 aromatic heterocycles. The van der Waals surface area contributed by atoms with E-state index >= 15 is 0 Å². The Kier molecular flexibility index (Phi) is 4.05. The van der Waals surface area contributed by atoms with Crippen molar-refractivity contribution in [2.75, 3.05) is 6.61 Å². The second kappa shape index (κ2) is 5.42. The van der Waals surface area contributed by atoms with Gasteiger partial charge in [0, 0.05) is 5.39 Å². The van der Waals surface area contributed by atoms with Gasteiger partial charge in [-0.25, -0.2) is 13.4 Å². The lowest BCUT2D eigenvalue weighted by Crippen LogP contribution is -2.24. The zero-order chi connectivity index (χ0) is 14.0. The lowest BCUT2D eigenvalue weighted by molar-refractivity contribution is 0.105. The maximum absolute atomic E-state index is 12.1. The molecule has 0 aliphatic heterocycles. The summed E-state index contributed by atoms with van der Waals surface area (Å²) in [4.78, 5) is 11.0. The fourth-order valence-electron chi connectivity index (χ4n) is 1.65. The third kappa shape index (κ3) is 2.87. The molecule has 7 heteroatoms. The Morgan fingerprint density at radius 2 is 2.16 bits per heavy atom. The predicted octanol–water partition coefficient (Wildman–Crippen LogP) is 2.43. The number of sulfonamides is 1. The quantitative estimate of drug-likeness (QED) is 0.695. The number of aryl methyl sites for hydroxylation is 1. The fraction of sp³-hybridized carbons (Fsp3) is 0.250. The SMILES string of the molecule is CCONS(=O)(=O)c1cccc2cc(C)c(Cl)nc12. The van der Waals surface area contributed by atoms with Crippen LogP contribution in [0.2, 0.25) is 5.15 Å². The van der Waals surface area contributed by atoms with Crippen LogP contribution >= 0.6 is 11.6 Å². The Balaban J connectivity index is 2.64. The van der Waals surface area contributed by atoms with Crippen molar-refractivity contribution in [3.05, 3.63) is 35.0 Å². The molecular formula is C12H13ClN2O3S. The van der Waals surface area contributed by atoms with Crippen LogP contribution in [0.25, 0.3) is 10.9 Å². The Morgan fingerprint density at radius 1 is 1.42 bits per heavy atom. The number of hydrogen-bond acceptors (Lipinski definition) is 4. The van der Waals surface area contributed by atoms with Gasteiger partial charge in [-0.15, -0.1) is 0 Å². The number of halogens is 1. The van der Waals surface area contributed by atoms with Gasteiger partial charge in [0.05, 0.1) is 12.1 Å². The molecule has 0 saturated heterocycles. The van der Waals surface area contributed by atoms with Crippen LogP contribution in [0.3, 0.4) is 0 Å². The minimum atomic E-state index is -3.77. The third-order valence-corrected chi connectivity index (χ3v) is 4.17. The maximum Gasteiger partial charge on any atom is 0.264 e. The van der Waals surface area contributed by atoms with E-state index in [1.54, 1.807) is 25.1 Å². The average molecular weight is 301 g/mol. The van der Waals surface area contributed by atoms with Crippen molar-refractivity contribution in [2.24, 2.45) is 0 Å². The number of hydrogen-bond donors (Lipinski definition) is 1. The molecular weight excluding hydrogens is 288 g/mol. The van der Waals surface area contributed by atoms with Crippen molar-refractivity contribution < 1.29 is 13.3 Å². The highest BCUT2D eigenvalue weighted by molar-refractivity contribution is 7.89. The lowest BCUT2D eigenvalue weighted by atomic mass is 10.2. The largest absolute Gasteiger partial charge is 0.287 e. The van der Waals surface area contributed by atoms with E-state index in [1.165, 1.54) is 6.07 Å². The van der Waals surface area contributed by atoms with Crippen LogP contribution in [0, 0.1) is 6.92 Å². The zero-order valence-electron chi connectivity index (χ0n) is 10.5. The third-order valence-electron chi connectivity index (χ3n) is 2.54. The molecule has 1 N–H and O–H groups in total. The van der Waals surface area contributed by atoms with Crippen LogP contribution in [0.5, 0.6) is 0 Å². The number of rotatable bonds is 4. The summed E-state index contributed by atoms with van der Waals surface area (Å²) in [5, 5.41) is 0.993. The number of nitrogens with zero attached hydrogens (tertiary/aromatic N) is 1. The molecule has 0 radical (unpaired) electrons. The van der Waals surface area contributed by atoms with Gasteiger partial charge in [0.15, 0.2) is 0 Å². The van der Waals surface area contributed by atoms with Gasteiger partial charge in [0.1, 0.15) is 10.0 Å². The second-order valence-corrected chi connectivity index (χ2v) is 5.92. The summed E-state index contributed by atoms with van der Waals surface area (Å²) in [5.41, 5.74) is 1.12. The summed E-state index contributed by atoms with van der Waals surface area (Å²) in [6.07, 6.45) is 0. The summed E-state index contributed by atoms with van der Waals surface area (Å²) < 4.78 is 24.2. The zero-order valence-corrected chi connectivity index (χ0v) is 12.0. The molecule has 0 bridgehead atoms. The van der Waals surface area contributed by atoms with E-state index in [0.717, 1.165) is 5.56 Å². The van der Waals surface area contributed by atoms with Gasteiger partial charge in [-0.05, 0) is 31.5 Å². The Morgan fingerprint density at radius 3 is 2.84 bits per heavy atom. The number of fused-ring (bicyclic) bond motifs is 1. The number of nitrogens with one attached hydrogen (secondary N) is 1. The van der Waals surface area contributed by atoms with Crippen molar-refractivity contribution >= 4 is 32.5 Å². The highest BCUT2D eigenvalue weighted by atomic mass is 35.5. The minimum Gasteiger partial charge on any atom is -0.287 e. The monoisotopic (exact) mass is 300 g/mol. The molecule has 0 fully saturated rings. The smallest absolute Gasteiger partial charge is 0.264 e. The fourth-order valence-corrected chi connectivity index (χ4v) is 2.83. The van der Waals surface area contributed by atoms with E-state index in [4.69, 9.17) is 16.4 Å². The Labute approximate surface area is 116 Å². The number of aromatic nitrogens is 1. The van der Waals surface area contributed by atoms with E-state index in [2.05, 4.69) is 4.98 Å². The van der Waals surface area contributed by atoms with Gasteiger partial charge in [0.2, 0.25) is 0 Å². The van der Waals surface area contributed by atoms with E-state index in [0.29, 0.717) is 10.9 Å². The van der Waals surface area contributed by atoms with Crippen LogP contribution < -0.4 is 4.89 Å².